The van der Waals surface area contributed by atoms with Crippen LogP contribution in [0, 0.1) is 6.92 Å². The van der Waals surface area contributed by atoms with Crippen LogP contribution in [0.25, 0.3) is 0 Å². The van der Waals surface area contributed by atoms with Crippen molar-refractivity contribution in [2.24, 2.45) is 0 Å². The number of hydrogen-bond acceptors (Lipinski definition) is 2. The number of hydrogen-bond donors (Lipinski definition) is 0. The molecule has 2 amide bonds. The topological polar surface area (TPSA) is 40.6 Å². The van der Waals surface area contributed by atoms with Crippen LogP contribution in [-0.2, 0) is 16.1 Å². The molecule has 1 heterocycles. The Bertz CT molecular complexity index is 758. The number of carbonyl (C=O) groups excluding carboxylic acids is 2. The molecule has 1 fully saturated rings. The molecule has 4 heteroatoms. The Kier molecular flexibility index (Phi) is 5.17. The van der Waals surface area contributed by atoms with E-state index in [9.17, 15) is 9.59 Å². The van der Waals surface area contributed by atoms with E-state index < -0.39 is 0 Å². The Morgan fingerprint density at radius 3 is 2.60 bits per heavy atom. The summed E-state index contributed by atoms with van der Waals surface area (Å²) in [5, 5.41) is 0. The van der Waals surface area contributed by atoms with Gasteiger partial charge in [0.2, 0.25) is 11.8 Å². The van der Waals surface area contributed by atoms with Gasteiger partial charge in [0.05, 0.1) is 0 Å². The molecule has 1 aliphatic rings. The van der Waals surface area contributed by atoms with Crippen LogP contribution in [0.5, 0.6) is 0 Å². The van der Waals surface area contributed by atoms with E-state index in [-0.39, 0.29) is 17.9 Å². The van der Waals surface area contributed by atoms with E-state index in [0.29, 0.717) is 25.9 Å². The maximum absolute atomic E-state index is 13.2. The molecule has 3 rings (SSSR count). The standard InChI is InChI=1S/C21H24N2O2/c1-3-22(18-11-7-8-16(2)14-18)21(25)19-12-13-20(24)23(19)15-17-9-5-4-6-10-17/h4-11,14,19H,3,12-13,15H2,1-2H3. The van der Waals surface area contributed by atoms with Crippen molar-refractivity contribution in [2.75, 3.05) is 11.4 Å². The van der Waals surface area contributed by atoms with Crippen molar-refractivity contribution < 1.29 is 9.59 Å². The van der Waals surface area contributed by atoms with Crippen molar-refractivity contribution in [3.63, 3.8) is 0 Å². The summed E-state index contributed by atoms with van der Waals surface area (Å²) in [5.41, 5.74) is 3.06. The summed E-state index contributed by atoms with van der Waals surface area (Å²) >= 11 is 0. The number of likely N-dealkylation sites (N-methyl/N-ethyl adjacent to an activating group) is 1. The monoisotopic (exact) mass is 336 g/mol. The van der Waals surface area contributed by atoms with Gasteiger partial charge in [-0.3, -0.25) is 9.59 Å². The lowest BCUT2D eigenvalue weighted by atomic mass is 10.1. The van der Waals surface area contributed by atoms with E-state index in [1.807, 2.05) is 68.4 Å². The number of benzene rings is 2. The van der Waals surface area contributed by atoms with Crippen LogP contribution in [0.2, 0.25) is 0 Å². The zero-order chi connectivity index (χ0) is 17.8. The summed E-state index contributed by atoms with van der Waals surface area (Å²) in [6, 6.07) is 17.4. The van der Waals surface area contributed by atoms with Gasteiger partial charge in [0.15, 0.2) is 0 Å². The molecule has 0 N–H and O–H groups in total. The number of amides is 2. The quantitative estimate of drug-likeness (QED) is 0.838. The average molecular weight is 336 g/mol. The SMILES string of the molecule is CCN(C(=O)C1CCC(=O)N1Cc1ccccc1)c1cccc(C)c1. The van der Waals surface area contributed by atoms with Gasteiger partial charge >= 0.3 is 0 Å². The second kappa shape index (κ2) is 7.51. The second-order valence-corrected chi connectivity index (χ2v) is 6.48. The summed E-state index contributed by atoms with van der Waals surface area (Å²) in [5.74, 6) is 0.0670. The predicted octanol–water partition coefficient (Wildman–Crippen LogP) is 3.54. The van der Waals surface area contributed by atoms with Crippen LogP contribution in [0.15, 0.2) is 54.6 Å². The molecule has 0 saturated carbocycles. The fourth-order valence-electron chi connectivity index (χ4n) is 3.41. The van der Waals surface area contributed by atoms with Gasteiger partial charge in [0.1, 0.15) is 6.04 Å². The zero-order valence-electron chi connectivity index (χ0n) is 14.8. The summed E-state index contributed by atoms with van der Waals surface area (Å²) in [4.78, 5) is 29.0. The fraction of sp³-hybridized carbons (Fsp3) is 0.333. The Labute approximate surface area is 149 Å². The molecule has 1 aliphatic heterocycles. The van der Waals surface area contributed by atoms with E-state index in [4.69, 9.17) is 0 Å². The highest BCUT2D eigenvalue weighted by Crippen LogP contribution is 2.26. The van der Waals surface area contributed by atoms with Crippen molar-refractivity contribution in [3.05, 3.63) is 65.7 Å². The molecule has 1 atom stereocenters. The van der Waals surface area contributed by atoms with Crippen LogP contribution in [0.4, 0.5) is 5.69 Å². The van der Waals surface area contributed by atoms with Crippen LogP contribution in [-0.4, -0.2) is 29.3 Å². The average Bonchev–Trinajstić information content (AvgIpc) is 2.97. The minimum atomic E-state index is -0.381. The second-order valence-electron chi connectivity index (χ2n) is 6.48. The smallest absolute Gasteiger partial charge is 0.249 e. The maximum Gasteiger partial charge on any atom is 0.249 e. The lowest BCUT2D eigenvalue weighted by Gasteiger charge is -2.30. The highest BCUT2D eigenvalue weighted by atomic mass is 16.2. The van der Waals surface area contributed by atoms with Gasteiger partial charge < -0.3 is 9.80 Å². The number of rotatable bonds is 5. The molecule has 0 aliphatic carbocycles. The first kappa shape index (κ1) is 17.2. The summed E-state index contributed by atoms with van der Waals surface area (Å²) in [6.45, 7) is 5.06. The van der Waals surface area contributed by atoms with Crippen molar-refractivity contribution in [2.45, 2.75) is 39.3 Å². The van der Waals surface area contributed by atoms with Crippen LogP contribution >= 0.6 is 0 Å². The molecular formula is C21H24N2O2. The van der Waals surface area contributed by atoms with E-state index in [2.05, 4.69) is 0 Å². The Balaban J connectivity index is 1.82. The van der Waals surface area contributed by atoms with Gasteiger partial charge in [-0.2, -0.15) is 0 Å². The summed E-state index contributed by atoms with van der Waals surface area (Å²) in [6.07, 6.45) is 1.03. The molecule has 130 valence electrons. The van der Waals surface area contributed by atoms with Crippen LogP contribution in [0.3, 0.4) is 0 Å². The molecule has 1 unspecified atom stereocenters. The lowest BCUT2D eigenvalue weighted by Crippen LogP contribution is -2.46. The molecule has 25 heavy (non-hydrogen) atoms. The fourth-order valence-corrected chi connectivity index (χ4v) is 3.41. The van der Waals surface area contributed by atoms with Crippen molar-refractivity contribution in [1.29, 1.82) is 0 Å². The van der Waals surface area contributed by atoms with Crippen molar-refractivity contribution in [3.8, 4) is 0 Å². The zero-order valence-corrected chi connectivity index (χ0v) is 14.8. The van der Waals surface area contributed by atoms with Gasteiger partial charge in [-0.1, -0.05) is 42.5 Å². The molecule has 0 spiro atoms. The first-order valence-electron chi connectivity index (χ1n) is 8.81. The Morgan fingerprint density at radius 1 is 1.16 bits per heavy atom. The van der Waals surface area contributed by atoms with Gasteiger partial charge in [0, 0.05) is 25.2 Å². The molecule has 2 aromatic carbocycles. The molecule has 2 aromatic rings. The number of aryl methyl sites for hydroxylation is 1. The highest BCUT2D eigenvalue weighted by Gasteiger charge is 2.38. The molecule has 0 aromatic heterocycles. The van der Waals surface area contributed by atoms with Gasteiger partial charge in [-0.15, -0.1) is 0 Å². The van der Waals surface area contributed by atoms with Crippen LogP contribution < -0.4 is 4.90 Å². The predicted molar refractivity (Wildman–Crippen MR) is 99.2 cm³/mol. The number of likely N-dealkylation sites (tertiary alicyclic amines) is 1. The third kappa shape index (κ3) is 3.73. The van der Waals surface area contributed by atoms with Gasteiger partial charge in [-0.25, -0.2) is 0 Å². The minimum Gasteiger partial charge on any atom is -0.326 e. The Morgan fingerprint density at radius 2 is 1.92 bits per heavy atom. The third-order valence-corrected chi connectivity index (χ3v) is 4.70. The van der Waals surface area contributed by atoms with Gasteiger partial charge in [-0.05, 0) is 43.5 Å². The first-order valence-corrected chi connectivity index (χ1v) is 8.81. The molecular weight excluding hydrogens is 312 g/mol. The van der Waals surface area contributed by atoms with E-state index >= 15 is 0 Å². The maximum atomic E-state index is 13.2. The van der Waals surface area contributed by atoms with E-state index in [0.717, 1.165) is 16.8 Å². The molecule has 0 bridgehead atoms. The molecule has 1 saturated heterocycles. The highest BCUT2D eigenvalue weighted by molar-refractivity contribution is 6.00. The number of anilines is 1. The number of carbonyl (C=O) groups is 2. The third-order valence-electron chi connectivity index (χ3n) is 4.70. The minimum absolute atomic E-state index is 0.00915. The number of nitrogens with zero attached hydrogens (tertiary/aromatic N) is 2. The van der Waals surface area contributed by atoms with Crippen LogP contribution in [0.1, 0.15) is 30.9 Å². The summed E-state index contributed by atoms with van der Waals surface area (Å²) in [7, 11) is 0. The molecule has 4 nitrogen and oxygen atoms in total. The normalized spacial score (nSPS) is 17.0. The van der Waals surface area contributed by atoms with E-state index in [1.54, 1.807) is 9.80 Å². The Hall–Kier alpha value is -2.62. The van der Waals surface area contributed by atoms with Crippen molar-refractivity contribution >= 4 is 17.5 Å². The van der Waals surface area contributed by atoms with Gasteiger partial charge in [0.25, 0.3) is 0 Å². The largest absolute Gasteiger partial charge is 0.326 e. The van der Waals surface area contributed by atoms with E-state index in [1.165, 1.54) is 0 Å². The summed E-state index contributed by atoms with van der Waals surface area (Å²) < 4.78 is 0. The lowest BCUT2D eigenvalue weighted by molar-refractivity contribution is -0.134. The van der Waals surface area contributed by atoms with Crippen molar-refractivity contribution in [1.82, 2.24) is 4.90 Å². The molecule has 0 radical (unpaired) electrons. The first-order chi connectivity index (χ1) is 12.1.